The van der Waals surface area contributed by atoms with Crippen molar-refractivity contribution in [3.05, 3.63) is 90.5 Å². The lowest BCUT2D eigenvalue weighted by Gasteiger charge is -2.40. The number of hydrogen-bond donors (Lipinski definition) is 2. The van der Waals surface area contributed by atoms with Crippen molar-refractivity contribution in [2.75, 3.05) is 24.7 Å². The first-order chi connectivity index (χ1) is 24.0. The molecule has 0 radical (unpaired) electrons. The maximum absolute atomic E-state index is 14.9. The fourth-order valence-electron chi connectivity index (χ4n) is 7.76. The standard InChI is InChI=1S/C38H45BrClN3O7/c1-5-7-17-30(45)49-22-28(24-13-9-8-10-14-24)41-35(46)31-32-36(47)43(25(21-44)19-23(3)4)34(38(32)20-26(39)33(31)50-38)37(48)42(18-6-2)29-16-12-11-15-27(29)40/h5-6,8-16,23,25-26,28,31-34,44H,1-2,7,17-22H2,3-4H3,(H,41,46)/t25-,26?,28-,31+,32-,33+,34+,38-/m1/s1. The normalized spacial score (nSPS) is 26.3. The van der Waals surface area contributed by atoms with E-state index in [1.54, 1.807) is 36.4 Å². The molecule has 3 aliphatic heterocycles. The van der Waals surface area contributed by atoms with Crippen LogP contribution in [0, 0.1) is 17.8 Å². The largest absolute Gasteiger partial charge is 0.463 e. The van der Waals surface area contributed by atoms with Crippen molar-refractivity contribution in [3.8, 4) is 0 Å². The van der Waals surface area contributed by atoms with Crippen LogP contribution in [0.15, 0.2) is 79.9 Å². The van der Waals surface area contributed by atoms with Crippen molar-refractivity contribution in [3.63, 3.8) is 0 Å². The maximum Gasteiger partial charge on any atom is 0.306 e. The van der Waals surface area contributed by atoms with Gasteiger partial charge in [0.15, 0.2) is 0 Å². The van der Waals surface area contributed by atoms with Crippen molar-refractivity contribution in [2.45, 2.75) is 74.2 Å². The summed E-state index contributed by atoms with van der Waals surface area (Å²) in [7, 11) is 0. The van der Waals surface area contributed by atoms with Crippen molar-refractivity contribution in [1.82, 2.24) is 10.2 Å². The first-order valence-corrected chi connectivity index (χ1v) is 18.3. The van der Waals surface area contributed by atoms with E-state index in [2.05, 4.69) is 34.4 Å². The summed E-state index contributed by atoms with van der Waals surface area (Å²) in [6.45, 7) is 11.1. The minimum atomic E-state index is -1.38. The summed E-state index contributed by atoms with van der Waals surface area (Å²) in [5.74, 6) is -3.64. The van der Waals surface area contributed by atoms with E-state index in [9.17, 15) is 24.3 Å². The zero-order valence-corrected chi connectivity index (χ0v) is 30.7. The van der Waals surface area contributed by atoms with Gasteiger partial charge in [0, 0.05) is 17.8 Å². The van der Waals surface area contributed by atoms with Crippen LogP contribution in [0.5, 0.6) is 0 Å². The number of esters is 1. The van der Waals surface area contributed by atoms with Gasteiger partial charge in [-0.15, -0.1) is 13.2 Å². The molecular weight excluding hydrogens is 726 g/mol. The number of fused-ring (bicyclic) bond motifs is 1. The van der Waals surface area contributed by atoms with Gasteiger partial charge < -0.3 is 29.7 Å². The second-order valence-corrected chi connectivity index (χ2v) is 15.1. The Morgan fingerprint density at radius 3 is 2.50 bits per heavy atom. The number of rotatable bonds is 16. The molecule has 10 nitrogen and oxygen atoms in total. The quantitative estimate of drug-likeness (QED) is 0.134. The number of anilines is 1. The van der Waals surface area contributed by atoms with Gasteiger partial charge in [0.05, 0.1) is 47.3 Å². The summed E-state index contributed by atoms with van der Waals surface area (Å²) in [5, 5.41) is 14.1. The number of para-hydroxylation sites is 1. The molecule has 3 fully saturated rings. The second kappa shape index (κ2) is 16.2. The number of halogens is 2. The molecule has 0 saturated carbocycles. The molecule has 268 valence electrons. The number of carbonyl (C=O) groups excluding carboxylic acids is 4. The van der Waals surface area contributed by atoms with E-state index in [1.807, 2.05) is 44.2 Å². The van der Waals surface area contributed by atoms with Gasteiger partial charge in [-0.05, 0) is 42.9 Å². The third-order valence-corrected chi connectivity index (χ3v) is 11.0. The predicted molar refractivity (Wildman–Crippen MR) is 195 cm³/mol. The Morgan fingerprint density at radius 2 is 1.86 bits per heavy atom. The van der Waals surface area contributed by atoms with Crippen molar-refractivity contribution >= 4 is 56.9 Å². The molecule has 2 aromatic carbocycles. The lowest BCUT2D eigenvalue weighted by atomic mass is 9.70. The molecule has 50 heavy (non-hydrogen) atoms. The van der Waals surface area contributed by atoms with E-state index in [0.29, 0.717) is 23.6 Å². The summed E-state index contributed by atoms with van der Waals surface area (Å²) in [6, 6.07) is 13.5. The van der Waals surface area contributed by atoms with Gasteiger partial charge in [-0.3, -0.25) is 19.2 Å². The van der Waals surface area contributed by atoms with Gasteiger partial charge in [-0.1, -0.05) is 96.0 Å². The zero-order chi connectivity index (χ0) is 36.2. The first kappa shape index (κ1) is 37.7. The van der Waals surface area contributed by atoms with E-state index in [-0.39, 0.29) is 43.3 Å². The molecule has 12 heteroatoms. The highest BCUT2D eigenvalue weighted by molar-refractivity contribution is 9.09. The molecule has 0 aliphatic carbocycles. The molecular formula is C38H45BrClN3O7. The third kappa shape index (κ3) is 7.28. The Kier molecular flexibility index (Phi) is 12.2. The van der Waals surface area contributed by atoms with Crippen LogP contribution in [0.2, 0.25) is 5.02 Å². The molecule has 1 spiro atoms. The molecule has 2 aromatic rings. The Morgan fingerprint density at radius 1 is 1.16 bits per heavy atom. The van der Waals surface area contributed by atoms with Gasteiger partial charge in [0.1, 0.15) is 18.2 Å². The van der Waals surface area contributed by atoms with Crippen LogP contribution in [-0.4, -0.2) is 82.1 Å². The van der Waals surface area contributed by atoms with Crippen molar-refractivity contribution in [2.24, 2.45) is 17.8 Å². The summed E-state index contributed by atoms with van der Waals surface area (Å²) in [6.07, 6.45) is 3.83. The average Bonchev–Trinajstić information content (AvgIpc) is 3.70. The van der Waals surface area contributed by atoms with E-state index in [1.165, 1.54) is 9.80 Å². The minimum Gasteiger partial charge on any atom is -0.463 e. The molecule has 8 atom stereocenters. The fourth-order valence-corrected chi connectivity index (χ4v) is 8.94. The number of aliphatic hydroxyl groups excluding tert-OH is 1. The second-order valence-electron chi connectivity index (χ2n) is 13.5. The van der Waals surface area contributed by atoms with Gasteiger partial charge in [-0.2, -0.15) is 0 Å². The number of allylic oxidation sites excluding steroid dienone is 1. The highest BCUT2D eigenvalue weighted by Crippen LogP contribution is 2.61. The van der Waals surface area contributed by atoms with Gasteiger partial charge >= 0.3 is 5.97 Å². The third-order valence-electron chi connectivity index (χ3n) is 9.81. The van der Waals surface area contributed by atoms with Crippen LogP contribution < -0.4 is 10.2 Å². The summed E-state index contributed by atoms with van der Waals surface area (Å²) >= 11 is 10.3. The molecule has 3 saturated heterocycles. The number of amides is 3. The van der Waals surface area contributed by atoms with Gasteiger partial charge in [-0.25, -0.2) is 0 Å². The minimum absolute atomic E-state index is 0.0857. The number of benzene rings is 2. The predicted octanol–water partition coefficient (Wildman–Crippen LogP) is 5.38. The smallest absolute Gasteiger partial charge is 0.306 e. The van der Waals surface area contributed by atoms with Crippen molar-refractivity contribution in [1.29, 1.82) is 0 Å². The molecule has 3 heterocycles. The molecule has 3 amide bonds. The number of likely N-dealkylation sites (tertiary alicyclic amines) is 1. The van der Waals surface area contributed by atoms with E-state index >= 15 is 0 Å². The van der Waals surface area contributed by atoms with E-state index in [4.69, 9.17) is 21.1 Å². The highest BCUT2D eigenvalue weighted by atomic mass is 79.9. The number of nitrogens with zero attached hydrogens (tertiary/aromatic N) is 2. The average molecular weight is 771 g/mol. The molecule has 5 rings (SSSR count). The van der Waals surface area contributed by atoms with Gasteiger partial charge in [0.25, 0.3) is 5.91 Å². The first-order valence-electron chi connectivity index (χ1n) is 17.0. The van der Waals surface area contributed by atoms with Crippen LogP contribution >= 0.6 is 27.5 Å². The van der Waals surface area contributed by atoms with Crippen LogP contribution in [0.1, 0.15) is 51.1 Å². The van der Waals surface area contributed by atoms with Crippen LogP contribution in [0.25, 0.3) is 0 Å². The molecule has 3 aliphatic rings. The zero-order valence-electron chi connectivity index (χ0n) is 28.4. The molecule has 0 aromatic heterocycles. The van der Waals surface area contributed by atoms with E-state index in [0.717, 1.165) is 5.56 Å². The number of nitrogens with one attached hydrogen (secondary N) is 1. The molecule has 2 bridgehead atoms. The Bertz CT molecular complexity index is 1590. The van der Waals surface area contributed by atoms with Crippen LogP contribution in [-0.2, 0) is 28.7 Å². The SMILES string of the molecule is C=CCCC(=O)OC[C@@H](NC(=O)[C@@H]1[C@H]2O[C@@]3(CC2Br)[C@H](C(=O)N(CC=C)c2ccccc2Cl)N([C@@H](CO)CC(C)C)C(=O)[C@@H]13)c1ccccc1. The number of ether oxygens (including phenoxy) is 2. The maximum atomic E-state index is 14.9. The monoisotopic (exact) mass is 769 g/mol. The lowest BCUT2D eigenvalue weighted by Crippen LogP contribution is -2.59. The number of alkyl halides is 1. The number of carbonyl (C=O) groups is 4. The van der Waals surface area contributed by atoms with Gasteiger partial charge in [0.2, 0.25) is 11.8 Å². The van der Waals surface area contributed by atoms with E-state index < -0.39 is 65.4 Å². The van der Waals surface area contributed by atoms with Crippen LogP contribution in [0.3, 0.4) is 0 Å². The molecule has 1 unspecified atom stereocenters. The number of hydrogen-bond acceptors (Lipinski definition) is 7. The lowest BCUT2D eigenvalue weighted by molar-refractivity contribution is -0.146. The Hall–Kier alpha value is -3.51. The Labute approximate surface area is 306 Å². The topological polar surface area (TPSA) is 125 Å². The number of aliphatic hydroxyl groups is 1. The Balaban J connectivity index is 1.54. The molecule has 2 N–H and O–H groups in total. The summed E-state index contributed by atoms with van der Waals surface area (Å²) in [4.78, 5) is 59.2. The summed E-state index contributed by atoms with van der Waals surface area (Å²) in [5.41, 5.74) is -0.211. The highest BCUT2D eigenvalue weighted by Gasteiger charge is 2.77. The summed E-state index contributed by atoms with van der Waals surface area (Å²) < 4.78 is 12.3. The van der Waals surface area contributed by atoms with Crippen LogP contribution in [0.4, 0.5) is 5.69 Å². The van der Waals surface area contributed by atoms with Crippen molar-refractivity contribution < 1.29 is 33.8 Å². The fraction of sp³-hybridized carbons (Fsp3) is 0.474.